The Labute approximate surface area is 165 Å². The van der Waals surface area contributed by atoms with Gasteiger partial charge in [0.05, 0.1) is 18.4 Å². The van der Waals surface area contributed by atoms with Gasteiger partial charge in [0.15, 0.2) is 11.1 Å². The molecule has 0 bridgehead atoms. The predicted octanol–water partition coefficient (Wildman–Crippen LogP) is 3.43. The molecular weight excluding hydrogens is 416 g/mol. The molecule has 30 heavy (non-hydrogen) atoms. The van der Waals surface area contributed by atoms with E-state index in [-0.39, 0.29) is 23.4 Å². The molecular formula is C18H15F6N5O. The van der Waals surface area contributed by atoms with E-state index in [2.05, 4.69) is 15.1 Å². The van der Waals surface area contributed by atoms with Crippen LogP contribution in [0, 0.1) is 5.41 Å². The Kier molecular flexibility index (Phi) is 4.64. The minimum atomic E-state index is -5.43. The Balaban J connectivity index is 1.66. The Bertz CT molecular complexity index is 1100. The molecule has 0 unspecified atom stereocenters. The van der Waals surface area contributed by atoms with Crippen molar-refractivity contribution in [3.05, 3.63) is 52.7 Å². The summed E-state index contributed by atoms with van der Waals surface area (Å²) in [6, 6.07) is 8.71. The second kappa shape index (κ2) is 6.83. The average molecular weight is 431 g/mol. The van der Waals surface area contributed by atoms with Gasteiger partial charge >= 0.3 is 12.4 Å². The number of nitrogens with zero attached hydrogens (tertiary/aromatic N) is 4. The second-order valence-electron chi connectivity index (χ2n) is 7.18. The number of nitrogens with one attached hydrogen (secondary N) is 1. The van der Waals surface area contributed by atoms with Gasteiger partial charge in [-0.25, -0.2) is 9.67 Å². The lowest BCUT2D eigenvalue weighted by molar-refractivity contribution is -0.335. The smallest absolute Gasteiger partial charge is 0.309 e. The summed E-state index contributed by atoms with van der Waals surface area (Å²) < 4.78 is 81.0. The molecule has 0 amide bonds. The zero-order chi connectivity index (χ0) is 21.7. The summed E-state index contributed by atoms with van der Waals surface area (Å²) >= 11 is 0. The van der Waals surface area contributed by atoms with Gasteiger partial charge in [-0.05, 0) is 25.1 Å². The van der Waals surface area contributed by atoms with Gasteiger partial charge in [0.2, 0.25) is 0 Å². The molecule has 6 nitrogen and oxygen atoms in total. The number of fused-ring (bicyclic) bond motifs is 1. The average Bonchev–Trinajstić information content (AvgIpc) is 3.27. The van der Waals surface area contributed by atoms with Crippen molar-refractivity contribution in [2.75, 3.05) is 13.1 Å². The van der Waals surface area contributed by atoms with Crippen LogP contribution in [0.5, 0.6) is 0 Å². The fourth-order valence-corrected chi connectivity index (χ4v) is 3.66. The first kappa shape index (κ1) is 20.4. The molecule has 1 N–H and O–H groups in total. The van der Waals surface area contributed by atoms with E-state index in [1.54, 1.807) is 30.3 Å². The predicted molar refractivity (Wildman–Crippen MR) is 93.9 cm³/mol. The molecule has 12 heteroatoms. The second-order valence-corrected chi connectivity index (χ2v) is 7.18. The number of alkyl halides is 6. The third kappa shape index (κ3) is 3.24. The van der Waals surface area contributed by atoms with Gasteiger partial charge in [-0.1, -0.05) is 18.2 Å². The van der Waals surface area contributed by atoms with Crippen molar-refractivity contribution < 1.29 is 26.3 Å². The van der Waals surface area contributed by atoms with Crippen LogP contribution in [0.4, 0.5) is 26.3 Å². The maximum atomic E-state index is 13.3. The van der Waals surface area contributed by atoms with Crippen LogP contribution in [0.1, 0.15) is 12.2 Å². The number of para-hydroxylation sites is 1. The molecule has 2 aromatic heterocycles. The lowest BCUT2D eigenvalue weighted by Gasteiger charge is -2.33. The van der Waals surface area contributed by atoms with Crippen molar-refractivity contribution in [2.24, 2.45) is 5.41 Å². The molecule has 3 aromatic rings. The maximum Gasteiger partial charge on any atom is 0.404 e. The van der Waals surface area contributed by atoms with E-state index < -0.39 is 42.8 Å². The highest BCUT2D eigenvalue weighted by Crippen LogP contribution is 2.55. The van der Waals surface area contributed by atoms with Gasteiger partial charge in [0.25, 0.3) is 5.56 Å². The molecule has 3 heterocycles. The van der Waals surface area contributed by atoms with Gasteiger partial charge in [-0.3, -0.25) is 9.69 Å². The van der Waals surface area contributed by atoms with E-state index in [9.17, 15) is 31.1 Å². The quantitative estimate of drug-likeness (QED) is 0.646. The molecule has 0 radical (unpaired) electrons. The highest BCUT2D eigenvalue weighted by atomic mass is 19.4. The van der Waals surface area contributed by atoms with Gasteiger partial charge in [0.1, 0.15) is 11.2 Å². The van der Waals surface area contributed by atoms with Crippen LogP contribution in [-0.2, 0) is 6.54 Å². The monoisotopic (exact) mass is 431 g/mol. The van der Waals surface area contributed by atoms with E-state index in [1.807, 2.05) is 0 Å². The summed E-state index contributed by atoms with van der Waals surface area (Å²) in [6.45, 7) is -2.04. The molecule has 1 aromatic carbocycles. The summed E-state index contributed by atoms with van der Waals surface area (Å²) in [6.07, 6.45) is -10.7. The third-order valence-corrected chi connectivity index (χ3v) is 5.29. The fourth-order valence-electron chi connectivity index (χ4n) is 3.66. The lowest BCUT2D eigenvalue weighted by atomic mass is 9.85. The van der Waals surface area contributed by atoms with Crippen LogP contribution in [0.15, 0.2) is 41.3 Å². The highest BCUT2D eigenvalue weighted by Gasteiger charge is 2.72. The Hall–Kier alpha value is -2.89. The number of H-pyrrole nitrogens is 1. The van der Waals surface area contributed by atoms with Crippen molar-refractivity contribution in [1.82, 2.24) is 24.6 Å². The lowest BCUT2D eigenvalue weighted by Crippen LogP contribution is -2.51. The molecule has 1 saturated heterocycles. The fraction of sp³-hybridized carbons (Fsp3) is 0.389. The molecule has 1 aliphatic heterocycles. The number of benzene rings is 1. The first-order valence-corrected chi connectivity index (χ1v) is 8.90. The maximum absolute atomic E-state index is 13.3. The summed E-state index contributed by atoms with van der Waals surface area (Å²) in [4.78, 5) is 20.0. The molecule has 0 saturated carbocycles. The van der Waals surface area contributed by atoms with Crippen LogP contribution >= 0.6 is 0 Å². The van der Waals surface area contributed by atoms with Gasteiger partial charge in [-0.15, -0.1) is 0 Å². The van der Waals surface area contributed by atoms with Gasteiger partial charge in [-0.2, -0.15) is 31.4 Å². The number of aromatic amines is 1. The summed E-state index contributed by atoms with van der Waals surface area (Å²) in [7, 11) is 0. The molecule has 160 valence electrons. The number of halogens is 6. The van der Waals surface area contributed by atoms with Gasteiger partial charge in [0, 0.05) is 6.54 Å². The van der Waals surface area contributed by atoms with Crippen molar-refractivity contribution in [3.63, 3.8) is 0 Å². The first-order valence-electron chi connectivity index (χ1n) is 8.90. The molecule has 0 spiro atoms. The number of hydrogen-bond acceptors (Lipinski definition) is 4. The topological polar surface area (TPSA) is 66.8 Å². The number of rotatable bonds is 3. The van der Waals surface area contributed by atoms with Crippen molar-refractivity contribution in [2.45, 2.75) is 25.3 Å². The zero-order valence-corrected chi connectivity index (χ0v) is 15.3. The van der Waals surface area contributed by atoms with Crippen molar-refractivity contribution >= 4 is 11.0 Å². The summed E-state index contributed by atoms with van der Waals surface area (Å²) in [5.41, 5.74) is -3.60. The van der Waals surface area contributed by atoms with Crippen LogP contribution in [0.25, 0.3) is 16.7 Å². The SMILES string of the molecule is O=c1[nH]c(CN2CCC(C(F)(F)F)(C(F)(F)F)C2)nc2c1cnn2-c1ccccc1. The molecule has 1 fully saturated rings. The Morgan fingerprint density at radius 2 is 1.73 bits per heavy atom. The normalized spacial score (nSPS) is 17.7. The van der Waals surface area contributed by atoms with E-state index in [0.717, 1.165) is 4.90 Å². The van der Waals surface area contributed by atoms with Crippen molar-refractivity contribution in [3.8, 4) is 5.69 Å². The first-order chi connectivity index (χ1) is 14.0. The Morgan fingerprint density at radius 3 is 2.33 bits per heavy atom. The standard InChI is InChI=1S/C18H15F6N5O/c19-17(20,21)16(18(22,23)24)6-7-28(10-16)9-13-26-14-12(15(30)27-13)8-25-29(14)11-4-2-1-3-5-11/h1-5,8H,6-7,9-10H2,(H,26,27,30). The largest absolute Gasteiger partial charge is 0.404 e. The minimum absolute atomic E-state index is 0.0367. The molecule has 4 rings (SSSR count). The highest BCUT2D eigenvalue weighted by molar-refractivity contribution is 5.75. The van der Waals surface area contributed by atoms with Crippen LogP contribution in [0.2, 0.25) is 0 Å². The van der Waals surface area contributed by atoms with E-state index in [0.29, 0.717) is 5.69 Å². The molecule has 0 aliphatic carbocycles. The molecule has 1 aliphatic rings. The Morgan fingerprint density at radius 1 is 1.07 bits per heavy atom. The minimum Gasteiger partial charge on any atom is -0.309 e. The number of aromatic nitrogens is 4. The van der Waals surface area contributed by atoms with Crippen LogP contribution < -0.4 is 5.56 Å². The van der Waals surface area contributed by atoms with Gasteiger partial charge < -0.3 is 4.98 Å². The van der Waals surface area contributed by atoms with Crippen LogP contribution in [-0.4, -0.2) is 50.1 Å². The van der Waals surface area contributed by atoms with E-state index in [4.69, 9.17) is 0 Å². The van der Waals surface area contributed by atoms with E-state index >= 15 is 0 Å². The number of hydrogen-bond donors (Lipinski definition) is 1. The zero-order valence-electron chi connectivity index (χ0n) is 15.3. The molecule has 0 atom stereocenters. The third-order valence-electron chi connectivity index (χ3n) is 5.29. The summed E-state index contributed by atoms with van der Waals surface area (Å²) in [5.74, 6) is -0.0367. The van der Waals surface area contributed by atoms with Crippen LogP contribution in [0.3, 0.4) is 0 Å². The number of likely N-dealkylation sites (tertiary alicyclic amines) is 1. The van der Waals surface area contributed by atoms with E-state index in [1.165, 1.54) is 10.9 Å². The summed E-state index contributed by atoms with van der Waals surface area (Å²) in [5, 5.41) is 4.27. The van der Waals surface area contributed by atoms with Crippen molar-refractivity contribution in [1.29, 1.82) is 0 Å².